The topological polar surface area (TPSA) is 114 Å². The van der Waals surface area contributed by atoms with Crippen LogP contribution in [-0.2, 0) is 34.4 Å². The molecule has 4 aromatic rings. The lowest BCUT2D eigenvalue weighted by Gasteiger charge is -2.41. The monoisotopic (exact) mass is 641 g/mol. The number of hydrogen-bond acceptors (Lipinski definition) is 7. The maximum Gasteiger partial charge on any atom is 0.425 e. The Morgan fingerprint density at radius 2 is 1.93 bits per heavy atom. The minimum atomic E-state index is -5.32. The molecule has 1 unspecified atom stereocenters. The Hall–Kier alpha value is -4.35. The third-order valence-corrected chi connectivity index (χ3v) is 8.22. The van der Waals surface area contributed by atoms with E-state index in [-0.39, 0.29) is 29.8 Å². The summed E-state index contributed by atoms with van der Waals surface area (Å²) in [6.45, 7) is 0.178. The maximum atomic E-state index is 16.6. The lowest BCUT2D eigenvalue weighted by molar-refractivity contribution is -0.248. The van der Waals surface area contributed by atoms with Gasteiger partial charge in [0.1, 0.15) is 11.9 Å². The van der Waals surface area contributed by atoms with Crippen molar-refractivity contribution in [3.63, 3.8) is 0 Å². The molecule has 2 aromatic carbocycles. The Labute approximate surface area is 259 Å². The van der Waals surface area contributed by atoms with Gasteiger partial charge in [-0.15, -0.1) is 0 Å². The molecule has 0 aliphatic carbocycles. The van der Waals surface area contributed by atoms with Gasteiger partial charge in [-0.05, 0) is 42.8 Å². The van der Waals surface area contributed by atoms with Crippen LogP contribution in [0.15, 0.2) is 67.1 Å². The second-order valence-corrected chi connectivity index (χ2v) is 11.2. The molecule has 2 aromatic heterocycles. The van der Waals surface area contributed by atoms with Crippen LogP contribution in [0, 0.1) is 17.1 Å². The third kappa shape index (κ3) is 5.04. The van der Waals surface area contributed by atoms with E-state index in [2.05, 4.69) is 10.1 Å². The molecular formula is C31H24ClF4N5O4. The second kappa shape index (κ2) is 11.2. The lowest BCUT2D eigenvalue weighted by Crippen LogP contribution is -2.49. The number of ether oxygens (including phenoxy) is 2. The van der Waals surface area contributed by atoms with E-state index in [0.717, 1.165) is 23.1 Å². The van der Waals surface area contributed by atoms with Crippen LogP contribution in [0.4, 0.5) is 17.6 Å². The summed E-state index contributed by atoms with van der Waals surface area (Å²) in [4.78, 5) is 19.8. The van der Waals surface area contributed by atoms with E-state index in [0.29, 0.717) is 29.8 Å². The van der Waals surface area contributed by atoms with Crippen molar-refractivity contribution in [1.82, 2.24) is 19.7 Å². The zero-order valence-corrected chi connectivity index (χ0v) is 24.3. The number of carbonyl (C=O) groups is 1. The van der Waals surface area contributed by atoms with Crippen LogP contribution >= 0.6 is 11.6 Å². The van der Waals surface area contributed by atoms with Crippen LogP contribution in [0.5, 0.6) is 0 Å². The number of nitrogens with zero attached hydrogens (tertiary/aromatic N) is 5. The molecule has 1 saturated heterocycles. The summed E-state index contributed by atoms with van der Waals surface area (Å²) in [7, 11) is 1.37. The van der Waals surface area contributed by atoms with Gasteiger partial charge in [-0.3, -0.25) is 19.4 Å². The smallest absolute Gasteiger partial charge is 0.379 e. The molecule has 1 amide bonds. The van der Waals surface area contributed by atoms with Gasteiger partial charge < -0.3 is 14.6 Å². The molecule has 1 fully saturated rings. The average Bonchev–Trinajstić information content (AvgIpc) is 3.74. The summed E-state index contributed by atoms with van der Waals surface area (Å²) in [5, 5.41) is 24.5. The number of rotatable bonds is 7. The van der Waals surface area contributed by atoms with Crippen molar-refractivity contribution in [2.75, 3.05) is 13.2 Å². The molecule has 3 atom stereocenters. The summed E-state index contributed by atoms with van der Waals surface area (Å²) >= 11 is 6.17. The molecule has 0 radical (unpaired) electrons. The average molecular weight is 642 g/mol. The van der Waals surface area contributed by atoms with Gasteiger partial charge in [0.05, 0.1) is 47.8 Å². The number of fused-ring (bicyclic) bond motifs is 1. The van der Waals surface area contributed by atoms with Gasteiger partial charge in [-0.25, -0.2) is 4.39 Å². The number of pyridine rings is 1. The van der Waals surface area contributed by atoms with Crippen molar-refractivity contribution in [2.24, 2.45) is 7.05 Å². The van der Waals surface area contributed by atoms with Crippen molar-refractivity contribution >= 4 is 17.5 Å². The molecule has 0 bridgehead atoms. The predicted octanol–water partition coefficient (Wildman–Crippen LogP) is 4.94. The Morgan fingerprint density at radius 3 is 2.51 bits per heavy atom. The van der Waals surface area contributed by atoms with Crippen LogP contribution in [0.25, 0.3) is 0 Å². The molecule has 9 nitrogen and oxygen atoms in total. The van der Waals surface area contributed by atoms with Gasteiger partial charge in [-0.2, -0.15) is 23.5 Å². The van der Waals surface area contributed by atoms with E-state index in [1.54, 1.807) is 0 Å². The number of alkyl halides is 3. The van der Waals surface area contributed by atoms with E-state index >= 15 is 4.39 Å². The van der Waals surface area contributed by atoms with Crippen LogP contribution in [-0.4, -0.2) is 56.2 Å². The largest absolute Gasteiger partial charge is 0.425 e. The van der Waals surface area contributed by atoms with E-state index in [9.17, 15) is 28.3 Å². The van der Waals surface area contributed by atoms with Gasteiger partial charge in [0, 0.05) is 47.8 Å². The fourth-order valence-corrected chi connectivity index (χ4v) is 5.92. The van der Waals surface area contributed by atoms with Gasteiger partial charge >= 0.3 is 6.18 Å². The van der Waals surface area contributed by atoms with E-state index in [1.165, 1.54) is 54.5 Å². The van der Waals surface area contributed by atoms with Gasteiger partial charge in [0.25, 0.3) is 5.91 Å². The number of halogens is 5. The molecule has 0 saturated carbocycles. The molecule has 0 spiro atoms. The van der Waals surface area contributed by atoms with Gasteiger partial charge in [0.2, 0.25) is 11.3 Å². The number of aromatic nitrogens is 3. The highest BCUT2D eigenvalue weighted by Crippen LogP contribution is 2.51. The number of carbonyl (C=O) groups excluding carboxylic acids is 1. The van der Waals surface area contributed by atoms with E-state index in [1.807, 2.05) is 6.07 Å². The Bertz CT molecular complexity index is 1800. The van der Waals surface area contributed by atoms with Crippen molar-refractivity contribution in [2.45, 2.75) is 36.6 Å². The lowest BCUT2D eigenvalue weighted by atomic mass is 9.84. The quantitative estimate of drug-likeness (QED) is 0.285. The van der Waals surface area contributed by atoms with Gasteiger partial charge in [-0.1, -0.05) is 23.7 Å². The first kappa shape index (κ1) is 30.7. The molecule has 1 N–H and O–H groups in total. The summed E-state index contributed by atoms with van der Waals surface area (Å²) in [5.41, 5.74) is -7.25. The van der Waals surface area contributed by atoms with E-state index < -0.39 is 52.0 Å². The SMILES string of the molecule is Cn1cc(C(O)(c2cc(F)c3c(c2)C(=O)N(Cc2ccc(C#N)cn2)[C@@]3(O[C@H]2CCOC2)c2ccc(Cl)cc2)C(F)(F)F)cn1. The van der Waals surface area contributed by atoms with Crippen LogP contribution in [0.1, 0.15) is 50.3 Å². The number of nitriles is 1. The molecular weight excluding hydrogens is 618 g/mol. The Morgan fingerprint density at radius 1 is 1.18 bits per heavy atom. The number of aliphatic hydroxyl groups is 1. The summed E-state index contributed by atoms with van der Waals surface area (Å²) in [5.74, 6) is -2.09. The molecule has 45 heavy (non-hydrogen) atoms. The van der Waals surface area contributed by atoms with Crippen LogP contribution in [0.2, 0.25) is 5.02 Å². The summed E-state index contributed by atoms with van der Waals surface area (Å²) in [6, 6.07) is 12.5. The first-order valence-electron chi connectivity index (χ1n) is 13.7. The first-order chi connectivity index (χ1) is 21.4. The molecule has 2 aliphatic heterocycles. The highest BCUT2D eigenvalue weighted by molar-refractivity contribution is 6.30. The fraction of sp³-hybridized carbons (Fsp3) is 0.290. The minimum absolute atomic E-state index is 0.121. The van der Waals surface area contributed by atoms with Crippen molar-refractivity contribution in [3.05, 3.63) is 117 Å². The zero-order chi connectivity index (χ0) is 32.1. The minimum Gasteiger partial charge on any atom is -0.379 e. The first-order valence-corrected chi connectivity index (χ1v) is 14.1. The van der Waals surface area contributed by atoms with Crippen molar-refractivity contribution < 1.29 is 36.9 Å². The third-order valence-electron chi connectivity index (χ3n) is 7.97. The number of benzene rings is 2. The Balaban J connectivity index is 1.61. The van der Waals surface area contributed by atoms with Crippen molar-refractivity contribution in [3.8, 4) is 6.07 Å². The van der Waals surface area contributed by atoms with Gasteiger partial charge in [0.15, 0.2) is 0 Å². The maximum absolute atomic E-state index is 16.6. The molecule has 14 heteroatoms. The van der Waals surface area contributed by atoms with Crippen LogP contribution < -0.4 is 0 Å². The predicted molar refractivity (Wildman–Crippen MR) is 150 cm³/mol. The molecule has 2 aliphatic rings. The number of hydrogen-bond donors (Lipinski definition) is 1. The highest BCUT2D eigenvalue weighted by atomic mass is 35.5. The summed E-state index contributed by atoms with van der Waals surface area (Å²) < 4.78 is 73.7. The summed E-state index contributed by atoms with van der Waals surface area (Å²) in [6.07, 6.45) is -2.47. The molecule has 232 valence electrons. The fourth-order valence-electron chi connectivity index (χ4n) is 5.80. The second-order valence-electron chi connectivity index (χ2n) is 10.8. The highest BCUT2D eigenvalue weighted by Gasteiger charge is 2.60. The standard InChI is InChI=1S/C31H24ClF4N5O4/c1-40-15-21(14-39-40)29(43,31(34,35)36)20-10-25-27(26(33)11-20)30(45-24-8-9-44-17-24,19-3-5-22(32)6-4-19)41(28(25)42)16-23-7-2-18(12-37)13-38-23/h2-7,10-11,13-15,24,43H,8-9,16-17H2,1H3/t24-,29?,30+/m0/s1. The van der Waals surface area contributed by atoms with Crippen molar-refractivity contribution in [1.29, 1.82) is 5.26 Å². The van der Waals surface area contributed by atoms with E-state index in [4.69, 9.17) is 21.1 Å². The zero-order valence-electron chi connectivity index (χ0n) is 23.6. The normalized spacial score (nSPS) is 21.1. The number of amides is 1. The van der Waals surface area contributed by atoms with Crippen LogP contribution in [0.3, 0.4) is 0 Å². The molecule has 6 rings (SSSR count). The molecule has 4 heterocycles. The number of aryl methyl sites for hydroxylation is 1. The Kier molecular flexibility index (Phi) is 7.65.